The molecule has 9 heteroatoms. The third-order valence-corrected chi connectivity index (χ3v) is 8.00. The van der Waals surface area contributed by atoms with Crippen molar-refractivity contribution in [1.29, 1.82) is 0 Å². The minimum absolute atomic E-state index is 0.0687. The second-order valence-electron chi connectivity index (χ2n) is 8.10. The summed E-state index contributed by atoms with van der Waals surface area (Å²) in [7, 11) is -3.30. The fourth-order valence-corrected chi connectivity index (χ4v) is 6.25. The van der Waals surface area contributed by atoms with Gasteiger partial charge in [-0.25, -0.2) is 17.7 Å². The molecule has 0 bridgehead atoms. The van der Waals surface area contributed by atoms with E-state index < -0.39 is 10.0 Å². The van der Waals surface area contributed by atoms with Gasteiger partial charge in [-0.2, -0.15) is 14.6 Å². The summed E-state index contributed by atoms with van der Waals surface area (Å²) in [5.74, 6) is 2.35. The Kier molecular flexibility index (Phi) is 4.32. The maximum absolute atomic E-state index is 12.9. The van der Waals surface area contributed by atoms with Crippen molar-refractivity contribution in [2.45, 2.75) is 19.6 Å². The second-order valence-corrected chi connectivity index (χ2v) is 10.1. The molecule has 0 radical (unpaired) electrons. The van der Waals surface area contributed by atoms with E-state index in [0.717, 1.165) is 35.7 Å². The molecule has 8 nitrogen and oxygen atoms in total. The molecule has 0 saturated carbocycles. The molecule has 2 atom stereocenters. The zero-order valence-electron chi connectivity index (χ0n) is 16.6. The first-order valence-corrected chi connectivity index (χ1v) is 11.5. The average molecular weight is 413 g/mol. The van der Waals surface area contributed by atoms with E-state index in [4.69, 9.17) is 0 Å². The quantitative estimate of drug-likeness (QED) is 0.648. The maximum Gasteiger partial charge on any atom is 0.254 e. The van der Waals surface area contributed by atoms with Gasteiger partial charge in [0.25, 0.3) is 5.78 Å². The second kappa shape index (κ2) is 6.77. The van der Waals surface area contributed by atoms with Gasteiger partial charge < -0.3 is 4.90 Å². The molecular weight excluding hydrogens is 388 g/mol. The minimum atomic E-state index is -3.30. The highest BCUT2D eigenvalue weighted by molar-refractivity contribution is 7.88. The zero-order valence-corrected chi connectivity index (χ0v) is 17.4. The van der Waals surface area contributed by atoms with Gasteiger partial charge in [-0.3, -0.25) is 0 Å². The third-order valence-electron chi connectivity index (χ3n) is 6.21. The van der Waals surface area contributed by atoms with Crippen LogP contribution < -0.4 is 4.90 Å². The van der Waals surface area contributed by atoms with E-state index >= 15 is 0 Å². The summed E-state index contributed by atoms with van der Waals surface area (Å²) in [5.41, 5.74) is 2.88. The Hall–Kier alpha value is -2.52. The predicted molar refractivity (Wildman–Crippen MR) is 110 cm³/mol. The van der Waals surface area contributed by atoms with Crippen LogP contribution in [0.5, 0.6) is 0 Å². The van der Waals surface area contributed by atoms with E-state index in [1.807, 2.05) is 37.3 Å². The number of rotatable bonds is 4. The zero-order chi connectivity index (χ0) is 20.2. The van der Waals surface area contributed by atoms with Crippen LogP contribution in [0.4, 0.5) is 5.82 Å². The number of hydrogen-bond donors (Lipinski definition) is 0. The number of fused-ring (bicyclic) bond motifs is 2. The van der Waals surface area contributed by atoms with Gasteiger partial charge in [-0.05, 0) is 31.2 Å². The molecule has 0 amide bonds. The first kappa shape index (κ1) is 18.5. The third kappa shape index (κ3) is 3.18. The molecule has 2 saturated heterocycles. The Morgan fingerprint density at radius 1 is 1.03 bits per heavy atom. The smallest absolute Gasteiger partial charge is 0.254 e. The van der Waals surface area contributed by atoms with Crippen LogP contribution in [0.15, 0.2) is 36.7 Å². The minimum Gasteiger partial charge on any atom is -0.355 e. The van der Waals surface area contributed by atoms with E-state index in [9.17, 15) is 8.42 Å². The van der Waals surface area contributed by atoms with Gasteiger partial charge in [0.05, 0.1) is 5.75 Å². The van der Waals surface area contributed by atoms with Crippen molar-refractivity contribution in [3.63, 3.8) is 0 Å². The maximum atomic E-state index is 12.9. The summed E-state index contributed by atoms with van der Waals surface area (Å²) in [6.07, 6.45) is 1.53. The van der Waals surface area contributed by atoms with Gasteiger partial charge in [0.2, 0.25) is 10.0 Å². The molecular formula is C20H24N6O2S. The highest BCUT2D eigenvalue weighted by Crippen LogP contribution is 2.36. The van der Waals surface area contributed by atoms with E-state index in [1.165, 1.54) is 6.33 Å². The summed E-state index contributed by atoms with van der Waals surface area (Å²) >= 11 is 0. The van der Waals surface area contributed by atoms with E-state index in [1.54, 1.807) is 8.82 Å². The SMILES string of the molecule is Cc1nc2ncnn2c(N2CC3CN(S(=O)(=O)Cc4ccccc4)CC3C2)c1C. The number of aromatic nitrogens is 4. The summed E-state index contributed by atoms with van der Waals surface area (Å²) in [5, 5.41) is 4.36. The van der Waals surface area contributed by atoms with Gasteiger partial charge in [0.15, 0.2) is 0 Å². The molecule has 1 aromatic carbocycles. The molecule has 29 heavy (non-hydrogen) atoms. The molecule has 2 aliphatic heterocycles. The van der Waals surface area contributed by atoms with Crippen LogP contribution in [-0.2, 0) is 15.8 Å². The lowest BCUT2D eigenvalue weighted by Gasteiger charge is -2.25. The van der Waals surface area contributed by atoms with Crippen molar-refractivity contribution in [3.05, 3.63) is 53.5 Å². The van der Waals surface area contributed by atoms with Gasteiger partial charge in [-0.15, -0.1) is 0 Å². The van der Waals surface area contributed by atoms with Crippen molar-refractivity contribution in [3.8, 4) is 0 Å². The standard InChI is InChI=1S/C20H24N6O2S/c1-14-15(2)23-20-21-13-22-26(20)19(14)24-8-17-10-25(11-18(17)9-24)29(27,28)12-16-6-4-3-5-7-16/h3-7,13,17-18H,8-12H2,1-2H3. The van der Waals surface area contributed by atoms with Crippen molar-refractivity contribution in [2.75, 3.05) is 31.1 Å². The number of benzene rings is 1. The lowest BCUT2D eigenvalue weighted by atomic mass is 10.0. The molecule has 5 rings (SSSR count). The number of aryl methyl sites for hydroxylation is 1. The lowest BCUT2D eigenvalue weighted by molar-refractivity contribution is 0.452. The average Bonchev–Trinajstić information content (AvgIpc) is 3.38. The largest absolute Gasteiger partial charge is 0.355 e. The van der Waals surface area contributed by atoms with Crippen LogP contribution in [0.2, 0.25) is 0 Å². The predicted octanol–water partition coefficient (Wildman–Crippen LogP) is 1.64. The molecule has 0 N–H and O–H groups in total. The molecule has 2 aromatic heterocycles. The summed E-state index contributed by atoms with van der Waals surface area (Å²) < 4.78 is 29.3. The molecule has 2 aliphatic rings. The van der Waals surface area contributed by atoms with E-state index in [-0.39, 0.29) is 5.75 Å². The van der Waals surface area contributed by atoms with Crippen LogP contribution in [-0.4, -0.2) is 58.5 Å². The molecule has 4 heterocycles. The normalized spacial score (nSPS) is 22.5. The van der Waals surface area contributed by atoms with Crippen molar-refractivity contribution < 1.29 is 8.42 Å². The fraction of sp³-hybridized carbons (Fsp3) is 0.450. The van der Waals surface area contributed by atoms with Gasteiger partial charge in [0, 0.05) is 37.4 Å². The van der Waals surface area contributed by atoms with E-state index in [2.05, 4.69) is 26.9 Å². The number of sulfonamides is 1. The molecule has 2 fully saturated rings. The molecule has 0 spiro atoms. The van der Waals surface area contributed by atoms with E-state index in [0.29, 0.717) is 30.7 Å². The molecule has 3 aromatic rings. The Bertz CT molecular complexity index is 1150. The Labute approximate surface area is 170 Å². The van der Waals surface area contributed by atoms with Gasteiger partial charge in [0.1, 0.15) is 12.1 Å². The van der Waals surface area contributed by atoms with Crippen LogP contribution >= 0.6 is 0 Å². The first-order valence-electron chi connectivity index (χ1n) is 9.86. The summed E-state index contributed by atoms with van der Waals surface area (Å²) in [6, 6.07) is 9.40. The highest BCUT2D eigenvalue weighted by atomic mass is 32.2. The highest BCUT2D eigenvalue weighted by Gasteiger charge is 2.44. The Balaban J connectivity index is 1.34. The first-order chi connectivity index (χ1) is 13.9. The van der Waals surface area contributed by atoms with Crippen LogP contribution in [0.1, 0.15) is 16.8 Å². The van der Waals surface area contributed by atoms with Gasteiger partial charge in [-0.1, -0.05) is 30.3 Å². The topological polar surface area (TPSA) is 83.7 Å². The molecule has 2 unspecified atom stereocenters. The van der Waals surface area contributed by atoms with Crippen molar-refractivity contribution >= 4 is 21.6 Å². The summed E-state index contributed by atoms with van der Waals surface area (Å²) in [6.45, 7) is 6.86. The molecule has 152 valence electrons. The number of nitrogens with zero attached hydrogens (tertiary/aromatic N) is 6. The number of anilines is 1. The fourth-order valence-electron chi connectivity index (χ4n) is 4.61. The lowest BCUT2D eigenvalue weighted by Crippen LogP contribution is -2.34. The van der Waals surface area contributed by atoms with Crippen LogP contribution in [0.3, 0.4) is 0 Å². The summed E-state index contributed by atoms with van der Waals surface area (Å²) in [4.78, 5) is 11.1. The van der Waals surface area contributed by atoms with Crippen LogP contribution in [0, 0.1) is 25.7 Å². The van der Waals surface area contributed by atoms with Crippen molar-refractivity contribution in [1.82, 2.24) is 23.9 Å². The molecule has 0 aliphatic carbocycles. The Morgan fingerprint density at radius 2 is 1.72 bits per heavy atom. The van der Waals surface area contributed by atoms with Crippen LogP contribution in [0.25, 0.3) is 5.78 Å². The number of hydrogen-bond acceptors (Lipinski definition) is 6. The van der Waals surface area contributed by atoms with Gasteiger partial charge >= 0.3 is 0 Å². The van der Waals surface area contributed by atoms with Crippen molar-refractivity contribution in [2.24, 2.45) is 11.8 Å². The monoisotopic (exact) mass is 412 g/mol. The Morgan fingerprint density at radius 3 is 2.41 bits per heavy atom.